The van der Waals surface area contributed by atoms with Gasteiger partial charge in [0.15, 0.2) is 0 Å². The predicted octanol–water partition coefficient (Wildman–Crippen LogP) is 4.08. The van der Waals surface area contributed by atoms with Crippen molar-refractivity contribution in [2.24, 2.45) is 0 Å². The Bertz CT molecular complexity index is 832. The topological polar surface area (TPSA) is 53.4 Å². The molecule has 1 amide bonds. The largest absolute Gasteiger partial charge is 0.433 e. The van der Waals surface area contributed by atoms with Crippen LogP contribution in [0.25, 0.3) is 11.3 Å². The summed E-state index contributed by atoms with van der Waals surface area (Å²) in [4.78, 5) is 17.5. The van der Waals surface area contributed by atoms with Crippen LogP contribution in [0, 0.1) is 6.92 Å². The van der Waals surface area contributed by atoms with Gasteiger partial charge in [-0.2, -0.15) is 13.2 Å². The van der Waals surface area contributed by atoms with Crippen LogP contribution in [0.15, 0.2) is 30.3 Å². The van der Waals surface area contributed by atoms with Crippen molar-refractivity contribution in [3.8, 4) is 11.3 Å². The number of hydrogen-bond acceptors (Lipinski definition) is 3. The van der Waals surface area contributed by atoms with E-state index in [0.717, 1.165) is 31.0 Å². The molecule has 3 rings (SSSR count). The molecule has 4 nitrogen and oxygen atoms in total. The Morgan fingerprint density at radius 1 is 1.19 bits per heavy atom. The quantitative estimate of drug-likeness (QED) is 0.872. The molecule has 0 saturated carbocycles. The fourth-order valence-corrected chi connectivity index (χ4v) is 3.30. The molecule has 0 spiro atoms. The zero-order chi connectivity index (χ0) is 19.6. The molecule has 1 fully saturated rings. The number of aromatic nitrogens is 1. The number of amides is 1. The Balaban J connectivity index is 1.90. The monoisotopic (exact) mass is 378 g/mol. The molecule has 0 aliphatic carbocycles. The van der Waals surface area contributed by atoms with Gasteiger partial charge in [0.25, 0.3) is 0 Å². The third kappa shape index (κ3) is 4.30. The molecule has 1 N–H and O–H groups in total. The molecule has 0 bridgehead atoms. The minimum atomic E-state index is -4.55. The second-order valence-corrected chi connectivity index (χ2v) is 6.78. The maximum absolute atomic E-state index is 13.1. The van der Waals surface area contributed by atoms with Gasteiger partial charge in [-0.3, -0.25) is 4.79 Å². The minimum absolute atomic E-state index is 0.128. The molecular weight excluding hydrogens is 357 g/mol. The first-order valence-corrected chi connectivity index (χ1v) is 8.85. The molecule has 2 heterocycles. The van der Waals surface area contributed by atoms with Gasteiger partial charge in [-0.05, 0) is 37.0 Å². The fraction of sp³-hybridized carbons (Fsp3) is 0.400. The third-order valence-corrected chi connectivity index (χ3v) is 4.82. The summed E-state index contributed by atoms with van der Waals surface area (Å²) >= 11 is 0. The number of hydrogen-bond donors (Lipinski definition) is 1. The van der Waals surface area contributed by atoms with Crippen LogP contribution in [0.3, 0.4) is 0 Å². The van der Waals surface area contributed by atoms with E-state index in [1.807, 2.05) is 0 Å². The highest BCUT2D eigenvalue weighted by atomic mass is 19.4. The van der Waals surface area contributed by atoms with Crippen molar-refractivity contribution in [2.45, 2.75) is 45.5 Å². The van der Waals surface area contributed by atoms with Gasteiger partial charge in [-0.25, -0.2) is 4.98 Å². The average molecular weight is 378 g/mol. The minimum Gasteiger partial charge on any atom is -0.392 e. The lowest BCUT2D eigenvalue weighted by molar-refractivity contribution is -0.141. The van der Waals surface area contributed by atoms with Crippen molar-refractivity contribution in [1.82, 2.24) is 9.88 Å². The van der Waals surface area contributed by atoms with Crippen molar-refractivity contribution in [1.29, 1.82) is 0 Å². The Hall–Kier alpha value is -2.41. The van der Waals surface area contributed by atoms with Crippen molar-refractivity contribution >= 4 is 5.91 Å². The maximum atomic E-state index is 13.1. The van der Waals surface area contributed by atoms with E-state index in [0.29, 0.717) is 29.7 Å². The lowest BCUT2D eigenvalue weighted by Gasteiger charge is -2.26. The van der Waals surface area contributed by atoms with E-state index in [4.69, 9.17) is 0 Å². The average Bonchev–Trinajstić information content (AvgIpc) is 2.63. The number of nitrogens with zero attached hydrogens (tertiary/aromatic N) is 2. The van der Waals surface area contributed by atoms with Crippen molar-refractivity contribution in [2.75, 3.05) is 6.54 Å². The number of alkyl halides is 3. The van der Waals surface area contributed by atoms with Crippen LogP contribution < -0.4 is 0 Å². The Morgan fingerprint density at radius 3 is 2.48 bits per heavy atom. The molecule has 2 aromatic rings. The smallest absolute Gasteiger partial charge is 0.392 e. The molecule has 27 heavy (non-hydrogen) atoms. The second kappa shape index (κ2) is 7.68. The summed E-state index contributed by atoms with van der Waals surface area (Å²) in [6, 6.07) is 7.90. The number of halogens is 3. The van der Waals surface area contributed by atoms with E-state index in [-0.39, 0.29) is 11.6 Å². The van der Waals surface area contributed by atoms with Crippen molar-refractivity contribution in [3.63, 3.8) is 0 Å². The maximum Gasteiger partial charge on any atom is 0.433 e. The highest BCUT2D eigenvalue weighted by molar-refractivity contribution is 5.76. The van der Waals surface area contributed by atoms with Gasteiger partial charge in [0.2, 0.25) is 5.91 Å². The van der Waals surface area contributed by atoms with E-state index in [2.05, 4.69) is 4.98 Å². The summed E-state index contributed by atoms with van der Waals surface area (Å²) < 4.78 is 39.3. The predicted molar refractivity (Wildman–Crippen MR) is 94.6 cm³/mol. The van der Waals surface area contributed by atoms with E-state index >= 15 is 0 Å². The van der Waals surface area contributed by atoms with Crippen LogP contribution in [0.1, 0.15) is 41.6 Å². The third-order valence-electron chi connectivity index (χ3n) is 4.82. The number of piperidine rings is 1. The molecule has 1 saturated heterocycles. The van der Waals surface area contributed by atoms with Gasteiger partial charge < -0.3 is 10.0 Å². The summed E-state index contributed by atoms with van der Waals surface area (Å²) in [7, 11) is 0. The van der Waals surface area contributed by atoms with Crippen LogP contribution in [0.2, 0.25) is 0 Å². The molecule has 1 aromatic carbocycles. The first-order valence-electron chi connectivity index (χ1n) is 8.85. The zero-order valence-electron chi connectivity index (χ0n) is 15.0. The summed E-state index contributed by atoms with van der Waals surface area (Å²) in [5, 5.41) is 9.59. The normalized spacial score (nSPS) is 15.3. The number of rotatable bonds is 4. The van der Waals surface area contributed by atoms with Gasteiger partial charge in [0, 0.05) is 30.6 Å². The number of pyridine rings is 1. The highest BCUT2D eigenvalue weighted by Crippen LogP contribution is 2.33. The first kappa shape index (κ1) is 19.4. The number of aliphatic hydroxyl groups excluding tert-OH is 1. The Kier molecular flexibility index (Phi) is 5.51. The number of carbonyl (C=O) groups excluding carboxylic acids is 1. The Morgan fingerprint density at radius 2 is 1.89 bits per heavy atom. The molecule has 144 valence electrons. The number of likely N-dealkylation sites (tertiary alicyclic amines) is 1. The first-order chi connectivity index (χ1) is 12.8. The molecule has 1 aromatic heterocycles. The zero-order valence-corrected chi connectivity index (χ0v) is 15.0. The lowest BCUT2D eigenvalue weighted by Crippen LogP contribution is -2.34. The second-order valence-electron chi connectivity index (χ2n) is 6.78. The highest BCUT2D eigenvalue weighted by Gasteiger charge is 2.33. The van der Waals surface area contributed by atoms with Crippen LogP contribution in [-0.4, -0.2) is 27.4 Å². The lowest BCUT2D eigenvalue weighted by atomic mass is 9.99. The van der Waals surface area contributed by atoms with E-state index < -0.39 is 18.5 Å². The molecule has 1 aliphatic rings. The van der Waals surface area contributed by atoms with Crippen molar-refractivity contribution < 1.29 is 23.1 Å². The molecule has 1 aliphatic heterocycles. The summed E-state index contributed by atoms with van der Waals surface area (Å²) in [6.45, 7) is 2.35. The summed E-state index contributed by atoms with van der Waals surface area (Å²) in [5.41, 5.74) is 1.28. The van der Waals surface area contributed by atoms with Crippen molar-refractivity contribution in [3.05, 3.63) is 52.7 Å². The van der Waals surface area contributed by atoms with Gasteiger partial charge >= 0.3 is 6.18 Å². The standard InChI is InChI=1S/C20H21F3N2O2/c1-13-10-17(20(21,22)23)24-19(16(13)12-26)15-7-5-14(6-8-15)11-25-9-3-2-4-18(25)27/h5-8,10,26H,2-4,9,11-12H2,1H3. The summed E-state index contributed by atoms with van der Waals surface area (Å²) in [6.07, 6.45) is -2.09. The summed E-state index contributed by atoms with van der Waals surface area (Å²) in [5.74, 6) is 0.128. The van der Waals surface area contributed by atoms with Crippen LogP contribution in [0.4, 0.5) is 13.2 Å². The number of aryl methyl sites for hydroxylation is 1. The molecule has 0 atom stereocenters. The van der Waals surface area contributed by atoms with Gasteiger partial charge in [-0.15, -0.1) is 0 Å². The van der Waals surface area contributed by atoms with Crippen LogP contribution >= 0.6 is 0 Å². The van der Waals surface area contributed by atoms with Gasteiger partial charge in [-0.1, -0.05) is 24.3 Å². The molecule has 0 unspecified atom stereocenters. The number of benzene rings is 1. The fourth-order valence-electron chi connectivity index (χ4n) is 3.30. The molecule has 0 radical (unpaired) electrons. The number of aliphatic hydroxyl groups is 1. The number of carbonyl (C=O) groups is 1. The SMILES string of the molecule is Cc1cc(C(F)(F)F)nc(-c2ccc(CN3CCCCC3=O)cc2)c1CO. The van der Waals surface area contributed by atoms with E-state index in [1.54, 1.807) is 29.2 Å². The van der Waals surface area contributed by atoms with Gasteiger partial charge in [0.1, 0.15) is 5.69 Å². The van der Waals surface area contributed by atoms with E-state index in [9.17, 15) is 23.1 Å². The molecular formula is C20H21F3N2O2. The Labute approximate surface area is 155 Å². The van der Waals surface area contributed by atoms with Gasteiger partial charge in [0.05, 0.1) is 12.3 Å². The van der Waals surface area contributed by atoms with Crippen LogP contribution in [0.5, 0.6) is 0 Å². The molecule has 7 heteroatoms. The van der Waals surface area contributed by atoms with Crippen LogP contribution in [-0.2, 0) is 24.1 Å². The van der Waals surface area contributed by atoms with E-state index in [1.165, 1.54) is 6.92 Å².